The van der Waals surface area contributed by atoms with E-state index in [0.717, 1.165) is 25.7 Å². The maximum absolute atomic E-state index is 13.4. The van der Waals surface area contributed by atoms with Gasteiger partial charge in [0.1, 0.15) is 4.90 Å². The van der Waals surface area contributed by atoms with E-state index in [2.05, 4.69) is 4.74 Å². The largest absolute Gasteiger partial charge is 0.493 e. The third-order valence-corrected chi connectivity index (χ3v) is 7.01. The summed E-state index contributed by atoms with van der Waals surface area (Å²) in [5, 5.41) is 0. The number of carbonyl (C=O) groups is 1. The molecule has 7 nitrogen and oxygen atoms in total. The van der Waals surface area contributed by atoms with Gasteiger partial charge in [0.05, 0.1) is 21.3 Å². The minimum absolute atomic E-state index is 0.0555. The molecule has 27 heavy (non-hydrogen) atoms. The molecule has 3 rings (SSSR count). The Morgan fingerprint density at radius 1 is 1.15 bits per heavy atom. The highest BCUT2D eigenvalue weighted by molar-refractivity contribution is 7.89. The molecule has 1 atom stereocenters. The van der Waals surface area contributed by atoms with Gasteiger partial charge in [0.2, 0.25) is 10.0 Å². The van der Waals surface area contributed by atoms with Crippen LogP contribution in [0.4, 0.5) is 0 Å². The van der Waals surface area contributed by atoms with Crippen LogP contribution in [0.25, 0.3) is 6.08 Å². The van der Waals surface area contributed by atoms with Crippen molar-refractivity contribution in [2.24, 2.45) is 5.92 Å². The van der Waals surface area contributed by atoms with Gasteiger partial charge in [-0.2, -0.15) is 4.31 Å². The van der Waals surface area contributed by atoms with Crippen LogP contribution in [0.2, 0.25) is 0 Å². The maximum atomic E-state index is 13.4. The van der Waals surface area contributed by atoms with Gasteiger partial charge in [-0.1, -0.05) is 0 Å². The first kappa shape index (κ1) is 19.7. The minimum Gasteiger partial charge on any atom is -0.493 e. The monoisotopic (exact) mass is 395 g/mol. The summed E-state index contributed by atoms with van der Waals surface area (Å²) in [4.78, 5) is 11.4. The Kier molecular flexibility index (Phi) is 5.76. The number of methoxy groups -OCH3 is 3. The summed E-state index contributed by atoms with van der Waals surface area (Å²) in [6, 6.07) is 3.19. The van der Waals surface area contributed by atoms with Crippen LogP contribution in [-0.2, 0) is 19.6 Å². The lowest BCUT2D eigenvalue weighted by Crippen LogP contribution is -2.37. The summed E-state index contributed by atoms with van der Waals surface area (Å²) >= 11 is 0. The summed E-state index contributed by atoms with van der Waals surface area (Å²) in [6.07, 6.45) is 6.65. The highest BCUT2D eigenvalue weighted by Gasteiger charge is 2.44. The van der Waals surface area contributed by atoms with Gasteiger partial charge < -0.3 is 14.2 Å². The van der Waals surface area contributed by atoms with E-state index in [9.17, 15) is 13.2 Å². The summed E-state index contributed by atoms with van der Waals surface area (Å²) in [5.74, 6) is 0.402. The molecule has 1 saturated heterocycles. The zero-order valence-electron chi connectivity index (χ0n) is 15.8. The lowest BCUT2D eigenvalue weighted by molar-refractivity contribution is -0.134. The number of carbonyl (C=O) groups excluding carboxylic acids is 1. The quantitative estimate of drug-likeness (QED) is 0.521. The summed E-state index contributed by atoms with van der Waals surface area (Å²) in [6.45, 7) is 0.511. The standard InChI is InChI=1S/C19H25NO6S/c1-24-16-11-13(6-9-18(21)25-2)12-17(19(16)26-3)27(22,23)20-10-4-5-15(20)14-7-8-14/h6,9,11-12,14-15H,4-5,7-8,10H2,1-3H3/b9-6+. The zero-order chi connectivity index (χ0) is 19.6. The predicted molar refractivity (Wildman–Crippen MR) is 100 cm³/mol. The Labute approximate surface area is 159 Å². The molecule has 1 aromatic rings. The van der Waals surface area contributed by atoms with E-state index < -0.39 is 16.0 Å². The summed E-state index contributed by atoms with van der Waals surface area (Å²) in [7, 11) is 0.393. The van der Waals surface area contributed by atoms with Crippen molar-refractivity contribution in [3.05, 3.63) is 23.8 Å². The van der Waals surface area contributed by atoms with Crippen LogP contribution < -0.4 is 9.47 Å². The Morgan fingerprint density at radius 3 is 2.48 bits per heavy atom. The fraction of sp³-hybridized carbons (Fsp3) is 0.526. The molecule has 0 radical (unpaired) electrons. The van der Waals surface area contributed by atoms with Crippen molar-refractivity contribution >= 4 is 22.1 Å². The number of rotatable bonds is 7. The minimum atomic E-state index is -3.76. The number of ether oxygens (including phenoxy) is 3. The number of hydrogen-bond donors (Lipinski definition) is 0. The number of benzene rings is 1. The van der Waals surface area contributed by atoms with Gasteiger partial charge in [-0.15, -0.1) is 0 Å². The Hall–Kier alpha value is -2.06. The maximum Gasteiger partial charge on any atom is 0.330 e. The van der Waals surface area contributed by atoms with E-state index in [0.29, 0.717) is 23.8 Å². The molecule has 0 amide bonds. The fourth-order valence-corrected chi connectivity index (χ4v) is 5.57. The van der Waals surface area contributed by atoms with Crippen LogP contribution in [0.1, 0.15) is 31.2 Å². The average Bonchev–Trinajstić information content (AvgIpc) is 3.40. The van der Waals surface area contributed by atoms with Crippen molar-refractivity contribution in [1.82, 2.24) is 4.31 Å². The molecule has 1 aliphatic heterocycles. The highest BCUT2D eigenvalue weighted by atomic mass is 32.2. The molecule has 2 fully saturated rings. The molecule has 1 heterocycles. The molecule has 0 aromatic heterocycles. The number of sulfonamides is 1. The van der Waals surface area contributed by atoms with Gasteiger partial charge in [0.15, 0.2) is 11.5 Å². The van der Waals surface area contributed by atoms with E-state index in [1.165, 1.54) is 39.5 Å². The second kappa shape index (κ2) is 7.90. The van der Waals surface area contributed by atoms with E-state index in [4.69, 9.17) is 9.47 Å². The van der Waals surface area contributed by atoms with Crippen LogP contribution in [0.3, 0.4) is 0 Å². The normalized spacial score (nSPS) is 20.8. The second-order valence-corrected chi connectivity index (χ2v) is 8.63. The molecule has 1 aliphatic carbocycles. The summed E-state index contributed by atoms with van der Waals surface area (Å²) in [5.41, 5.74) is 0.513. The van der Waals surface area contributed by atoms with Gasteiger partial charge in [-0.25, -0.2) is 13.2 Å². The third-order valence-electron chi connectivity index (χ3n) is 5.08. The van der Waals surface area contributed by atoms with Gasteiger partial charge >= 0.3 is 5.97 Å². The van der Waals surface area contributed by atoms with Crippen molar-refractivity contribution in [3.8, 4) is 11.5 Å². The fourth-order valence-electron chi connectivity index (χ4n) is 3.61. The molecule has 1 unspecified atom stereocenters. The first-order chi connectivity index (χ1) is 12.9. The van der Waals surface area contributed by atoms with Crippen molar-refractivity contribution in [3.63, 3.8) is 0 Å². The van der Waals surface area contributed by atoms with E-state index >= 15 is 0 Å². The molecule has 148 valence electrons. The van der Waals surface area contributed by atoms with E-state index in [-0.39, 0.29) is 16.7 Å². The molecule has 0 bridgehead atoms. The first-order valence-corrected chi connectivity index (χ1v) is 10.4. The predicted octanol–water partition coefficient (Wildman–Crippen LogP) is 2.45. The SMILES string of the molecule is COC(=O)/C=C/c1cc(OC)c(OC)c(S(=O)(=O)N2CCCC2C2CC2)c1. The van der Waals surface area contributed by atoms with Crippen LogP contribution in [0, 0.1) is 5.92 Å². The third kappa shape index (κ3) is 3.96. The Balaban J connectivity index is 2.06. The lowest BCUT2D eigenvalue weighted by Gasteiger charge is -2.25. The van der Waals surface area contributed by atoms with E-state index in [1.807, 2.05) is 0 Å². The molecule has 0 spiro atoms. The number of nitrogens with zero attached hydrogens (tertiary/aromatic N) is 1. The molecule has 1 saturated carbocycles. The van der Waals surface area contributed by atoms with Gasteiger partial charge in [0, 0.05) is 18.7 Å². The molecule has 2 aliphatic rings. The Morgan fingerprint density at radius 2 is 1.89 bits per heavy atom. The lowest BCUT2D eigenvalue weighted by atomic mass is 10.1. The molecule has 0 N–H and O–H groups in total. The van der Waals surface area contributed by atoms with Crippen molar-refractivity contribution < 1.29 is 27.4 Å². The molecule has 8 heteroatoms. The van der Waals surface area contributed by atoms with Crippen molar-refractivity contribution in [1.29, 1.82) is 0 Å². The average molecular weight is 395 g/mol. The smallest absolute Gasteiger partial charge is 0.330 e. The first-order valence-electron chi connectivity index (χ1n) is 8.96. The summed E-state index contributed by atoms with van der Waals surface area (Å²) < 4.78 is 43.8. The van der Waals surface area contributed by atoms with Crippen LogP contribution in [0.15, 0.2) is 23.1 Å². The topological polar surface area (TPSA) is 82.1 Å². The molecular weight excluding hydrogens is 370 g/mol. The van der Waals surface area contributed by atoms with Crippen molar-refractivity contribution in [2.75, 3.05) is 27.9 Å². The highest BCUT2D eigenvalue weighted by Crippen LogP contribution is 2.44. The van der Waals surface area contributed by atoms with Gasteiger partial charge in [-0.3, -0.25) is 0 Å². The van der Waals surface area contributed by atoms with Gasteiger partial charge in [-0.05, 0) is 55.4 Å². The molecular formula is C19H25NO6S. The van der Waals surface area contributed by atoms with Crippen LogP contribution >= 0.6 is 0 Å². The van der Waals surface area contributed by atoms with Crippen LogP contribution in [0.5, 0.6) is 11.5 Å². The number of esters is 1. The molecule has 1 aromatic carbocycles. The van der Waals surface area contributed by atoms with E-state index in [1.54, 1.807) is 10.4 Å². The Bertz CT molecular complexity index is 844. The second-order valence-electron chi connectivity index (χ2n) is 6.77. The number of hydrogen-bond acceptors (Lipinski definition) is 6. The zero-order valence-corrected chi connectivity index (χ0v) is 16.6. The van der Waals surface area contributed by atoms with Crippen molar-refractivity contribution in [2.45, 2.75) is 36.6 Å². The van der Waals surface area contributed by atoms with Gasteiger partial charge in [0.25, 0.3) is 0 Å². The van der Waals surface area contributed by atoms with Crippen LogP contribution in [-0.4, -0.2) is 52.6 Å².